The average molecular weight is 817 g/mol. The molecule has 0 fully saturated rings. The van der Waals surface area contributed by atoms with Gasteiger partial charge in [0, 0.05) is 23.2 Å². The molecule has 4 heteroatoms. The highest BCUT2D eigenvalue weighted by Crippen LogP contribution is 2.26. The molecule has 302 valence electrons. The van der Waals surface area contributed by atoms with E-state index in [9.17, 15) is 0 Å². The summed E-state index contributed by atoms with van der Waals surface area (Å²) in [6.07, 6.45) is 4.21. The smallest absolute Gasteiger partial charge is 0.244 e. The normalized spacial score (nSPS) is 11.4. The number of hydrogen-bond acceptors (Lipinski definition) is 2. The Morgan fingerprint density at radius 1 is 0.312 bits per heavy atom. The minimum Gasteiger partial charge on any atom is -0.254 e. The Bertz CT molecular complexity index is 3270. The molecule has 0 spiro atoms. The van der Waals surface area contributed by atoms with Crippen LogP contribution in [-0.2, 0) is 0 Å². The summed E-state index contributed by atoms with van der Waals surface area (Å²) in [5.74, 6) is 0. The van der Waals surface area contributed by atoms with Gasteiger partial charge in [0.15, 0.2) is 0 Å². The molecule has 64 heavy (non-hydrogen) atoms. The van der Waals surface area contributed by atoms with Crippen LogP contribution in [0, 0.1) is 27.7 Å². The van der Waals surface area contributed by atoms with Gasteiger partial charge >= 0.3 is 0 Å². The van der Waals surface area contributed by atoms with Crippen molar-refractivity contribution in [1.29, 1.82) is 0 Å². The molecule has 0 aliphatic heterocycles. The summed E-state index contributed by atoms with van der Waals surface area (Å²) in [6, 6.07) is 70.9. The Hall–Kier alpha value is -7.55. The molecule has 11 aromatic rings. The lowest BCUT2D eigenvalue weighted by Crippen LogP contribution is -2.54. The maximum atomic E-state index is 5.32. The minimum atomic E-state index is -0.0277. The molecule has 0 unspecified atom stereocenters. The van der Waals surface area contributed by atoms with E-state index < -0.39 is 0 Å². The minimum absolute atomic E-state index is 0.0277. The fourth-order valence-electron chi connectivity index (χ4n) is 10.6. The first-order valence-corrected chi connectivity index (χ1v) is 22.4. The largest absolute Gasteiger partial charge is 0.254 e. The quantitative estimate of drug-likeness (QED) is 0.113. The fraction of sp³-hybridized carbons (Fsp3) is 0.0667. The molecule has 0 amide bonds. The predicted molar refractivity (Wildman–Crippen MR) is 277 cm³/mol. The van der Waals surface area contributed by atoms with Gasteiger partial charge in [-0.3, -0.25) is 9.97 Å². The number of aryl methyl sites for hydroxylation is 4. The first-order chi connectivity index (χ1) is 31.4. The fourth-order valence-corrected chi connectivity index (χ4v) is 10.6. The maximum Gasteiger partial charge on any atom is 0.244 e. The number of rotatable bonds is 8. The van der Waals surface area contributed by atoms with Crippen LogP contribution in [0.5, 0.6) is 0 Å². The van der Waals surface area contributed by atoms with Crippen molar-refractivity contribution >= 4 is 89.6 Å². The van der Waals surface area contributed by atoms with E-state index in [0.29, 0.717) is 0 Å². The van der Waals surface area contributed by atoms with Crippen molar-refractivity contribution in [2.75, 3.05) is 0 Å². The third-order valence-corrected chi connectivity index (χ3v) is 13.5. The van der Waals surface area contributed by atoms with Crippen LogP contribution in [0.1, 0.15) is 22.3 Å². The summed E-state index contributed by atoms with van der Waals surface area (Å²) in [5.41, 5.74) is 19.4. The van der Waals surface area contributed by atoms with E-state index in [2.05, 4.69) is 234 Å². The first-order valence-electron chi connectivity index (χ1n) is 22.4. The van der Waals surface area contributed by atoms with Gasteiger partial charge in [0.1, 0.15) is 0 Å². The molecule has 11 rings (SSSR count). The third-order valence-electron chi connectivity index (χ3n) is 13.5. The van der Waals surface area contributed by atoms with Crippen molar-refractivity contribution in [3.8, 4) is 22.3 Å². The molecule has 2 aromatic heterocycles. The van der Waals surface area contributed by atoms with Crippen molar-refractivity contribution in [2.45, 2.75) is 27.7 Å². The summed E-state index contributed by atoms with van der Waals surface area (Å²) in [4.78, 5) is 10.6. The highest BCUT2D eigenvalue weighted by Gasteiger charge is 2.30. The van der Waals surface area contributed by atoms with E-state index in [1.54, 1.807) is 0 Å². The molecule has 0 saturated heterocycles. The van der Waals surface area contributed by atoms with Gasteiger partial charge in [-0.1, -0.05) is 249 Å². The zero-order valence-corrected chi connectivity index (χ0v) is 36.7. The van der Waals surface area contributed by atoms with Gasteiger partial charge in [0.05, 0.1) is 11.0 Å². The van der Waals surface area contributed by atoms with Crippen molar-refractivity contribution in [2.24, 2.45) is 0 Å². The number of nitrogens with zero attached hydrogens (tertiary/aromatic N) is 2. The van der Waals surface area contributed by atoms with Crippen LogP contribution in [0.15, 0.2) is 207 Å². The standard InChI is InChI=1S/C60H46B2N2/c1-39-31-49(43-17-7-5-8-18-43)32-40(2)57(39)61(55-27-15-23-45-21-11-13-25-53(45)55)51-35-47-29-30-48-36-52(38-64-60(48)59(47)63-37-51)62(56-28-16-24-46-22-12-14-26-54(46)56)58-41(3)33-50(34-42(58)4)44-19-9-6-10-20-44/h5-38H,1-4H3. The van der Waals surface area contributed by atoms with Crippen molar-refractivity contribution in [3.63, 3.8) is 0 Å². The maximum absolute atomic E-state index is 5.32. The first kappa shape index (κ1) is 39.3. The Morgan fingerprint density at radius 3 is 1.08 bits per heavy atom. The van der Waals surface area contributed by atoms with Crippen molar-refractivity contribution < 1.29 is 0 Å². The number of fused-ring (bicyclic) bond motifs is 5. The summed E-state index contributed by atoms with van der Waals surface area (Å²) in [6.45, 7) is 9.01. The van der Waals surface area contributed by atoms with Crippen LogP contribution < -0.4 is 32.8 Å². The third kappa shape index (κ3) is 6.96. The van der Waals surface area contributed by atoms with E-state index >= 15 is 0 Å². The van der Waals surface area contributed by atoms with Gasteiger partial charge in [-0.2, -0.15) is 0 Å². The SMILES string of the molecule is Cc1cc(-c2ccccc2)cc(C)c1B(c1cnc2c(ccc3cc(B(c4c(C)cc(-c5ccccc5)cc4C)c4cccc5ccccc45)cnc32)c1)c1cccc2ccccc12. The van der Waals surface area contributed by atoms with E-state index in [0.717, 1.165) is 21.8 Å². The monoisotopic (exact) mass is 816 g/mol. The van der Waals surface area contributed by atoms with Crippen LogP contribution in [0.2, 0.25) is 0 Å². The van der Waals surface area contributed by atoms with Crippen LogP contribution in [-0.4, -0.2) is 23.4 Å². The molecule has 0 saturated carbocycles. The number of benzene rings is 9. The molecule has 0 bridgehead atoms. The summed E-state index contributed by atoms with van der Waals surface area (Å²) in [5, 5.41) is 7.16. The van der Waals surface area contributed by atoms with Crippen molar-refractivity contribution in [1.82, 2.24) is 9.97 Å². The molecule has 0 aliphatic carbocycles. The number of hydrogen-bond donors (Lipinski definition) is 0. The second-order valence-corrected chi connectivity index (χ2v) is 17.5. The highest BCUT2D eigenvalue weighted by atomic mass is 14.7. The molecular weight excluding hydrogens is 770 g/mol. The molecule has 0 radical (unpaired) electrons. The van der Waals surface area contributed by atoms with Gasteiger partial charge < -0.3 is 0 Å². The summed E-state index contributed by atoms with van der Waals surface area (Å²) >= 11 is 0. The molecule has 2 heterocycles. The van der Waals surface area contributed by atoms with Gasteiger partial charge in [-0.15, -0.1) is 0 Å². The Balaban J connectivity index is 1.06. The van der Waals surface area contributed by atoms with Crippen molar-refractivity contribution in [3.05, 3.63) is 229 Å². The lowest BCUT2D eigenvalue weighted by atomic mass is 9.35. The Labute approximate surface area is 376 Å². The van der Waals surface area contributed by atoms with Gasteiger partial charge in [0.2, 0.25) is 13.4 Å². The molecule has 0 atom stereocenters. The van der Waals surface area contributed by atoms with E-state index in [4.69, 9.17) is 9.97 Å². The highest BCUT2D eigenvalue weighted by molar-refractivity contribution is 6.98. The van der Waals surface area contributed by atoms with Gasteiger partial charge in [-0.25, -0.2) is 0 Å². The second-order valence-electron chi connectivity index (χ2n) is 17.5. The molecule has 9 aromatic carbocycles. The van der Waals surface area contributed by atoms with E-state index in [1.807, 2.05) is 0 Å². The lowest BCUT2D eigenvalue weighted by Gasteiger charge is -2.23. The van der Waals surface area contributed by atoms with Gasteiger partial charge in [0.25, 0.3) is 0 Å². The molecular formula is C60H46B2N2. The Kier molecular flexibility index (Phi) is 10.0. The number of pyridine rings is 2. The van der Waals surface area contributed by atoms with E-state index in [-0.39, 0.29) is 13.4 Å². The van der Waals surface area contributed by atoms with Gasteiger partial charge in [-0.05, 0) is 71.5 Å². The zero-order chi connectivity index (χ0) is 43.3. The van der Waals surface area contributed by atoms with E-state index in [1.165, 1.54) is 98.8 Å². The molecule has 2 nitrogen and oxygen atoms in total. The topological polar surface area (TPSA) is 25.8 Å². The predicted octanol–water partition coefficient (Wildman–Crippen LogP) is 10.7. The summed E-state index contributed by atoms with van der Waals surface area (Å²) < 4.78 is 0. The van der Waals surface area contributed by atoms with Crippen LogP contribution in [0.4, 0.5) is 0 Å². The zero-order valence-electron chi connectivity index (χ0n) is 36.7. The number of aromatic nitrogens is 2. The molecule has 0 aliphatic rings. The lowest BCUT2D eigenvalue weighted by molar-refractivity contribution is 1.39. The molecule has 0 N–H and O–H groups in total. The van der Waals surface area contributed by atoms with Crippen LogP contribution >= 0.6 is 0 Å². The average Bonchev–Trinajstić information content (AvgIpc) is 3.33. The summed E-state index contributed by atoms with van der Waals surface area (Å²) in [7, 11) is 0. The van der Waals surface area contributed by atoms with Crippen LogP contribution in [0.25, 0.3) is 65.6 Å². The Morgan fingerprint density at radius 2 is 0.672 bits per heavy atom. The second kappa shape index (κ2) is 16.3. The van der Waals surface area contributed by atoms with Crippen LogP contribution in [0.3, 0.4) is 0 Å².